The third kappa shape index (κ3) is 19.3. The van der Waals surface area contributed by atoms with E-state index in [0.717, 1.165) is 74.7 Å². The lowest BCUT2D eigenvalue weighted by Gasteiger charge is -2.17. The highest BCUT2D eigenvalue weighted by Crippen LogP contribution is 2.43. The summed E-state index contributed by atoms with van der Waals surface area (Å²) in [6.45, 7) is 17.7. The van der Waals surface area contributed by atoms with Crippen molar-refractivity contribution in [3.05, 3.63) is 264 Å². The Bertz CT molecular complexity index is 7920. The molecule has 0 saturated heterocycles. The number of hydrogen-bond donors (Lipinski definition) is 5. The second-order valence-electron chi connectivity index (χ2n) is 36.3. The van der Waals surface area contributed by atoms with Crippen LogP contribution in [-0.4, -0.2) is 224 Å². The van der Waals surface area contributed by atoms with Gasteiger partial charge in [0.05, 0.1) is 148 Å². The molecule has 0 radical (unpaired) electrons. The van der Waals surface area contributed by atoms with Gasteiger partial charge in [0.25, 0.3) is 23.6 Å². The molecule has 0 saturated carbocycles. The summed E-state index contributed by atoms with van der Waals surface area (Å²) in [7, 11) is 0.170. The van der Waals surface area contributed by atoms with Gasteiger partial charge in [0.15, 0.2) is 61.9 Å². The molecule has 34 nitrogen and oxygen atoms in total. The first-order chi connectivity index (χ1) is 67.3. The van der Waals surface area contributed by atoms with E-state index >= 15 is 0 Å². The molecule has 0 spiro atoms. The third-order valence-electron chi connectivity index (χ3n) is 25.0. The normalized spacial score (nSPS) is 13.7. The van der Waals surface area contributed by atoms with E-state index in [1.165, 1.54) is 0 Å². The Hall–Kier alpha value is -15.0. The molecule has 12 heterocycles. The lowest BCUT2D eigenvalue weighted by molar-refractivity contribution is 0.0989. The van der Waals surface area contributed by atoms with Crippen LogP contribution in [0.3, 0.4) is 0 Å². The molecule has 4 aliphatic heterocycles. The average Bonchev–Trinajstić information content (AvgIpc) is 1.62. The molecule has 38 heteroatoms. The summed E-state index contributed by atoms with van der Waals surface area (Å²) in [5.41, 5.74) is 20.5. The molecular weight excluding hydrogens is 1870 g/mol. The number of nitrogens with one attached hydrogen (secondary N) is 5. The maximum Gasteiger partial charge on any atom is 0.261 e. The van der Waals surface area contributed by atoms with Gasteiger partial charge in [0.1, 0.15) is 46.8 Å². The summed E-state index contributed by atoms with van der Waals surface area (Å²) in [4.78, 5) is 117. The van der Waals surface area contributed by atoms with Crippen LogP contribution in [0.15, 0.2) is 239 Å². The molecule has 16 aromatic rings. The highest BCUT2D eigenvalue weighted by atomic mass is 32.2. The predicted molar refractivity (Wildman–Crippen MR) is 557 cm³/mol. The van der Waals surface area contributed by atoms with E-state index < -0.39 is 60.3 Å². The van der Waals surface area contributed by atoms with Gasteiger partial charge >= 0.3 is 0 Å². The van der Waals surface area contributed by atoms with Crippen LogP contribution in [0.5, 0.6) is 11.5 Å². The third-order valence-corrected chi connectivity index (χ3v) is 33.7. The summed E-state index contributed by atoms with van der Waals surface area (Å²) < 4.78 is 111. The van der Waals surface area contributed by atoms with Crippen LogP contribution >= 0.6 is 0 Å². The van der Waals surface area contributed by atoms with E-state index in [9.17, 15) is 52.8 Å². The molecule has 8 aromatic carbocycles. The maximum absolute atomic E-state index is 13.4. The number of nitrogens with zero attached hydrogens (tertiary/aromatic N) is 15. The van der Waals surface area contributed by atoms with Crippen LogP contribution in [0.25, 0.3) is 89.7 Å². The molecular formula is C103H116N20O14S4. The van der Waals surface area contributed by atoms with Crippen LogP contribution in [0.4, 0.5) is 34.1 Å². The van der Waals surface area contributed by atoms with Gasteiger partial charge < -0.3 is 69.0 Å². The number of anilines is 6. The van der Waals surface area contributed by atoms with Gasteiger partial charge in [-0.15, -0.1) is 0 Å². The van der Waals surface area contributed by atoms with Crippen LogP contribution < -0.4 is 39.3 Å². The SMILES string of the molecule is CC(C)S(=O)(=O)c1ccc(-c2cnc3[nH]cc(N4Cc5cc(OCCN(C)C)ccc5C4=O)c3n2)cc1.CC(C)S(=O)(=O)c1ccc(-c2cnc3[nH]cc(N4Cc5ccc(OCCN(C)C)cc5C4=O)c3n2)cc1.CC(C)S(=O)(=O)c1ccc(-c2cnc3[nH]cc(N4Cc5cccc(N(C)C)c5C4=O)c3n2)cc1.CNc1cccc2c1C(=O)N(c1c[nH]c3ncc(-c4ccc(S(=O)(=O)C(C)C)cc4)nc13)C2.[HH].[HH].[HH].[HH].[HH]. The minimum Gasteiger partial charge on any atom is -0.492 e. The lowest BCUT2D eigenvalue weighted by atomic mass is 10.1. The average molecular weight is 1990 g/mol. The number of carbonyl (C=O) groups excluding carboxylic acids is 4. The first-order valence-electron chi connectivity index (χ1n) is 45.7. The van der Waals surface area contributed by atoms with Crippen LogP contribution in [0.2, 0.25) is 0 Å². The summed E-state index contributed by atoms with van der Waals surface area (Å²) >= 11 is 0. The number of aromatic amines is 4. The molecule has 0 aliphatic carbocycles. The van der Waals surface area contributed by atoms with E-state index in [1.54, 1.807) is 241 Å². The highest BCUT2D eigenvalue weighted by molar-refractivity contribution is 7.93. The molecule has 0 atom stereocenters. The lowest BCUT2D eigenvalue weighted by Crippen LogP contribution is -2.24. The van der Waals surface area contributed by atoms with E-state index in [4.69, 9.17) is 29.4 Å². The van der Waals surface area contributed by atoms with E-state index in [2.05, 4.69) is 45.2 Å². The Labute approximate surface area is 823 Å². The van der Waals surface area contributed by atoms with Gasteiger partial charge in [-0.3, -0.25) is 19.2 Å². The Morgan fingerprint density at radius 2 is 0.674 bits per heavy atom. The number of hydrogen-bond acceptors (Lipinski definition) is 26. The van der Waals surface area contributed by atoms with Crippen molar-refractivity contribution in [2.75, 3.05) is 105 Å². The second-order valence-corrected chi connectivity index (χ2v) is 46.3. The fourth-order valence-electron chi connectivity index (χ4n) is 16.8. The molecule has 20 rings (SSSR count). The summed E-state index contributed by atoms with van der Waals surface area (Å²) in [5.74, 6) is 1.01. The van der Waals surface area contributed by atoms with Crippen molar-refractivity contribution in [3.8, 4) is 56.5 Å². The fraction of sp³-hybridized carbons (Fsp3) is 0.262. The van der Waals surface area contributed by atoms with Crippen molar-refractivity contribution in [3.63, 3.8) is 0 Å². The van der Waals surface area contributed by atoms with Crippen molar-refractivity contribution in [2.24, 2.45) is 0 Å². The highest BCUT2D eigenvalue weighted by Gasteiger charge is 2.38. The van der Waals surface area contributed by atoms with E-state index in [-0.39, 0.29) is 50.3 Å². The quantitative estimate of drug-likeness (QED) is 0.0336. The Kier molecular flexibility index (Phi) is 27.3. The number of aromatic nitrogens is 12. The zero-order chi connectivity index (χ0) is 100. The van der Waals surface area contributed by atoms with Gasteiger partial charge in [0, 0.05) is 111 Å². The standard InChI is InChI=1S/2C27H29N5O4S.C25H25N5O3S.C24H23N5O3S.5H2/c1-17(2)37(34,35)21-9-6-18(7-10-21)23-14-28-26-25(30-23)24(15-29-26)32-16-19-5-8-20(13-22(19)27(32)33)36-12-11-31(3)4;1-17(2)37(34,35)21-8-5-18(6-9-21)23-14-28-26-25(30-23)24(15-29-26)32-16-19-13-20(36-12-11-31(3)4)7-10-22(19)27(32)33;1-15(2)34(32,33)18-10-8-16(9-11-18)19-12-26-24-23(28-19)21(13-27-24)30-14-17-6-5-7-20(29(3)4)22(17)25(30)31;1-14(2)33(31,32)17-9-7-15(8-10-17)19-11-26-23-22(28-19)20(12-27-23)29-13-16-5-4-6-18(25-3)21(16)24(29)30;;;;;/h2*5-10,13-15,17H,11-12,16H2,1-4H3,(H,28,29);5-13,15H,14H2,1-4H3,(H,26,27);4-12,14,25H,13H2,1-3H3,(H,26,27);5*1H. The molecule has 0 bridgehead atoms. The molecule has 4 amide bonds. The first kappa shape index (κ1) is 97.7. The predicted octanol–water partition coefficient (Wildman–Crippen LogP) is 17.1. The van der Waals surface area contributed by atoms with Crippen molar-refractivity contribution in [2.45, 2.75) is 122 Å². The Morgan fingerprint density at radius 1 is 0.362 bits per heavy atom. The molecule has 4 aliphatic rings. The number of amides is 4. The number of carbonyl (C=O) groups is 4. The molecule has 8 aromatic heterocycles. The Morgan fingerprint density at radius 3 is 1.02 bits per heavy atom. The number of fused-ring (bicyclic) bond motifs is 8. The van der Waals surface area contributed by atoms with Crippen molar-refractivity contribution < 1.29 is 69.5 Å². The summed E-state index contributed by atoms with van der Waals surface area (Å²) in [6.07, 6.45) is 13.5. The van der Waals surface area contributed by atoms with Gasteiger partial charge in [-0.1, -0.05) is 78.9 Å². The Balaban J connectivity index is 0.000000171. The first-order valence-corrected chi connectivity index (χ1v) is 51.9. The van der Waals surface area contributed by atoms with Crippen LogP contribution in [-0.2, 0) is 65.5 Å². The maximum atomic E-state index is 13.4. The minimum absolute atomic E-state index is 0. The van der Waals surface area contributed by atoms with Crippen LogP contribution in [0.1, 0.15) is 126 Å². The zero-order valence-electron chi connectivity index (χ0n) is 80.3. The monoisotopic (exact) mass is 1980 g/mol. The van der Waals surface area contributed by atoms with Gasteiger partial charge in [-0.25, -0.2) is 73.5 Å². The number of ether oxygens (including phenoxy) is 2. The van der Waals surface area contributed by atoms with Crippen LogP contribution in [0, 0.1) is 0 Å². The molecule has 736 valence electrons. The fourth-order valence-corrected chi connectivity index (χ4v) is 21.0. The van der Waals surface area contributed by atoms with Gasteiger partial charge in [-0.2, -0.15) is 0 Å². The number of likely N-dealkylation sites (N-methyl/N-ethyl adjacent to an activating group) is 2. The topological polar surface area (TPSA) is 424 Å². The number of rotatable bonds is 26. The minimum atomic E-state index is -3.36. The number of H-pyrrole nitrogens is 4. The zero-order valence-corrected chi connectivity index (χ0v) is 83.6. The van der Waals surface area contributed by atoms with Crippen molar-refractivity contribution in [1.29, 1.82) is 0 Å². The smallest absolute Gasteiger partial charge is 0.261 e. The van der Waals surface area contributed by atoms with Crippen molar-refractivity contribution in [1.82, 2.24) is 69.6 Å². The van der Waals surface area contributed by atoms with E-state index in [1.807, 2.05) is 118 Å². The number of benzene rings is 8. The molecule has 0 unspecified atom stereocenters. The second kappa shape index (κ2) is 39.4. The van der Waals surface area contributed by atoms with Gasteiger partial charge in [0.2, 0.25) is 0 Å². The molecule has 141 heavy (non-hydrogen) atoms. The summed E-state index contributed by atoms with van der Waals surface area (Å²) in [6, 6.07) is 49.4. The molecule has 5 N–H and O–H groups in total. The van der Waals surface area contributed by atoms with Crippen molar-refractivity contribution >= 4 is 142 Å². The largest absolute Gasteiger partial charge is 0.492 e. The van der Waals surface area contributed by atoms with E-state index in [0.29, 0.717) is 158 Å². The summed E-state index contributed by atoms with van der Waals surface area (Å²) in [5, 5.41) is 1.10. The molecule has 0 fully saturated rings. The number of sulfone groups is 4. The van der Waals surface area contributed by atoms with Gasteiger partial charge in [-0.05, 0) is 197 Å².